The van der Waals surface area contributed by atoms with Gasteiger partial charge in [-0.15, -0.1) is 0 Å². The summed E-state index contributed by atoms with van der Waals surface area (Å²) in [6.07, 6.45) is 1.35. The van der Waals surface area contributed by atoms with Crippen LogP contribution in [0.2, 0.25) is 5.02 Å². The SMILES string of the molecule is O=C1OCCC1Cc1cc2c(cc1Cl)OCO2. The number of rotatable bonds is 2. The number of ether oxygens (including phenoxy) is 3. The Balaban J connectivity index is 1.85. The van der Waals surface area contributed by atoms with Crippen molar-refractivity contribution in [3.8, 4) is 11.5 Å². The first-order valence-electron chi connectivity index (χ1n) is 5.48. The summed E-state index contributed by atoms with van der Waals surface area (Å²) >= 11 is 6.15. The van der Waals surface area contributed by atoms with Gasteiger partial charge >= 0.3 is 5.97 Å². The van der Waals surface area contributed by atoms with Crippen LogP contribution in [0, 0.1) is 5.92 Å². The van der Waals surface area contributed by atoms with Crippen LogP contribution in [0.1, 0.15) is 12.0 Å². The Morgan fingerprint density at radius 1 is 1.24 bits per heavy atom. The van der Waals surface area contributed by atoms with Crippen molar-refractivity contribution >= 4 is 17.6 Å². The van der Waals surface area contributed by atoms with E-state index in [1.807, 2.05) is 6.07 Å². The van der Waals surface area contributed by atoms with Crippen LogP contribution in [-0.2, 0) is 16.0 Å². The Bertz CT molecular complexity index is 472. The normalized spacial score (nSPS) is 21.7. The molecule has 2 aliphatic heterocycles. The predicted octanol–water partition coefficient (Wildman–Crippen LogP) is 2.17. The molecular weight excluding hydrogens is 244 g/mol. The van der Waals surface area contributed by atoms with Crippen LogP contribution in [0.4, 0.5) is 0 Å². The summed E-state index contributed by atoms with van der Waals surface area (Å²) in [5, 5.41) is 0.606. The average molecular weight is 255 g/mol. The van der Waals surface area contributed by atoms with Crippen molar-refractivity contribution in [1.82, 2.24) is 0 Å². The van der Waals surface area contributed by atoms with Crippen molar-refractivity contribution in [1.29, 1.82) is 0 Å². The molecule has 1 aromatic rings. The minimum Gasteiger partial charge on any atom is -0.465 e. The van der Waals surface area contributed by atoms with E-state index in [1.54, 1.807) is 6.07 Å². The molecule has 0 N–H and O–H groups in total. The van der Waals surface area contributed by atoms with E-state index in [-0.39, 0.29) is 18.7 Å². The van der Waals surface area contributed by atoms with Gasteiger partial charge in [0.25, 0.3) is 0 Å². The second-order valence-electron chi connectivity index (χ2n) is 4.15. The number of carbonyl (C=O) groups excluding carboxylic acids is 1. The molecule has 5 heteroatoms. The van der Waals surface area contributed by atoms with Crippen LogP contribution in [-0.4, -0.2) is 19.4 Å². The van der Waals surface area contributed by atoms with E-state index in [4.69, 9.17) is 25.8 Å². The summed E-state index contributed by atoms with van der Waals surface area (Å²) in [5.41, 5.74) is 0.903. The predicted molar refractivity (Wildman–Crippen MR) is 60.3 cm³/mol. The van der Waals surface area contributed by atoms with Crippen molar-refractivity contribution < 1.29 is 19.0 Å². The molecular formula is C12H11ClO4. The Labute approximate surface area is 103 Å². The van der Waals surface area contributed by atoms with Crippen molar-refractivity contribution in [3.63, 3.8) is 0 Å². The molecule has 3 rings (SSSR count). The fraction of sp³-hybridized carbons (Fsp3) is 0.417. The van der Waals surface area contributed by atoms with E-state index >= 15 is 0 Å². The van der Waals surface area contributed by atoms with Crippen LogP contribution in [0.15, 0.2) is 12.1 Å². The van der Waals surface area contributed by atoms with Gasteiger partial charge < -0.3 is 14.2 Å². The fourth-order valence-corrected chi connectivity index (χ4v) is 2.33. The van der Waals surface area contributed by atoms with Gasteiger partial charge in [0.15, 0.2) is 11.5 Å². The molecule has 4 nitrogen and oxygen atoms in total. The van der Waals surface area contributed by atoms with E-state index in [2.05, 4.69) is 0 Å². The first-order chi connectivity index (χ1) is 8.24. The molecule has 90 valence electrons. The molecule has 0 saturated carbocycles. The number of hydrogen-bond donors (Lipinski definition) is 0. The van der Waals surface area contributed by atoms with Gasteiger partial charge in [0, 0.05) is 11.1 Å². The van der Waals surface area contributed by atoms with Crippen molar-refractivity contribution in [2.24, 2.45) is 5.92 Å². The molecule has 0 aromatic heterocycles. The highest BCUT2D eigenvalue weighted by Crippen LogP contribution is 2.38. The number of benzene rings is 1. The van der Waals surface area contributed by atoms with E-state index < -0.39 is 0 Å². The molecule has 1 unspecified atom stereocenters. The van der Waals surface area contributed by atoms with Crippen LogP contribution in [0.3, 0.4) is 0 Å². The molecule has 0 amide bonds. The number of carbonyl (C=O) groups is 1. The number of hydrogen-bond acceptors (Lipinski definition) is 4. The molecule has 1 saturated heterocycles. The van der Waals surface area contributed by atoms with Crippen LogP contribution in [0.25, 0.3) is 0 Å². The van der Waals surface area contributed by atoms with E-state index in [1.165, 1.54) is 0 Å². The highest BCUT2D eigenvalue weighted by atomic mass is 35.5. The summed E-state index contributed by atoms with van der Waals surface area (Å²) in [4.78, 5) is 11.4. The number of cyclic esters (lactones) is 1. The summed E-state index contributed by atoms with van der Waals surface area (Å²) < 4.78 is 15.4. The Kier molecular flexibility index (Phi) is 2.59. The number of fused-ring (bicyclic) bond motifs is 1. The lowest BCUT2D eigenvalue weighted by Crippen LogP contribution is -2.10. The Morgan fingerprint density at radius 2 is 2.00 bits per heavy atom. The zero-order chi connectivity index (χ0) is 11.8. The number of halogens is 1. The average Bonchev–Trinajstić information content (AvgIpc) is 2.89. The van der Waals surface area contributed by atoms with Gasteiger partial charge in [-0.3, -0.25) is 4.79 Å². The maximum atomic E-state index is 11.4. The lowest BCUT2D eigenvalue weighted by atomic mass is 9.98. The van der Waals surface area contributed by atoms with Gasteiger partial charge in [-0.05, 0) is 24.5 Å². The highest BCUT2D eigenvalue weighted by molar-refractivity contribution is 6.31. The molecule has 0 spiro atoms. The van der Waals surface area contributed by atoms with Gasteiger partial charge in [0.05, 0.1) is 12.5 Å². The Hall–Kier alpha value is -1.42. The Morgan fingerprint density at radius 3 is 2.71 bits per heavy atom. The summed E-state index contributed by atoms with van der Waals surface area (Å²) in [7, 11) is 0. The highest BCUT2D eigenvalue weighted by Gasteiger charge is 2.28. The van der Waals surface area contributed by atoms with E-state index in [0.717, 1.165) is 12.0 Å². The largest absolute Gasteiger partial charge is 0.465 e. The molecule has 2 heterocycles. The van der Waals surface area contributed by atoms with Gasteiger partial charge in [-0.2, -0.15) is 0 Å². The smallest absolute Gasteiger partial charge is 0.309 e. The molecule has 2 aliphatic rings. The van der Waals surface area contributed by atoms with Crippen molar-refractivity contribution in [2.75, 3.05) is 13.4 Å². The van der Waals surface area contributed by atoms with E-state index in [0.29, 0.717) is 29.5 Å². The summed E-state index contributed by atoms with van der Waals surface area (Å²) in [5.74, 6) is 1.12. The minimum atomic E-state index is -0.140. The summed E-state index contributed by atoms with van der Waals surface area (Å²) in [6.45, 7) is 0.728. The monoisotopic (exact) mass is 254 g/mol. The third-order valence-electron chi connectivity index (χ3n) is 3.05. The van der Waals surface area contributed by atoms with Gasteiger partial charge in [-0.25, -0.2) is 0 Å². The first-order valence-corrected chi connectivity index (χ1v) is 5.86. The molecule has 17 heavy (non-hydrogen) atoms. The molecule has 1 aromatic carbocycles. The zero-order valence-corrected chi connectivity index (χ0v) is 9.83. The van der Waals surface area contributed by atoms with Crippen LogP contribution < -0.4 is 9.47 Å². The second kappa shape index (κ2) is 4.11. The number of esters is 1. The fourth-order valence-electron chi connectivity index (χ4n) is 2.10. The van der Waals surface area contributed by atoms with Crippen molar-refractivity contribution in [3.05, 3.63) is 22.7 Å². The third kappa shape index (κ3) is 1.93. The summed E-state index contributed by atoms with van der Waals surface area (Å²) in [6, 6.07) is 3.58. The topological polar surface area (TPSA) is 44.8 Å². The lowest BCUT2D eigenvalue weighted by Gasteiger charge is -2.08. The van der Waals surface area contributed by atoms with Gasteiger partial charge in [0.2, 0.25) is 6.79 Å². The lowest BCUT2D eigenvalue weighted by molar-refractivity contribution is -0.141. The van der Waals surface area contributed by atoms with Crippen molar-refractivity contribution in [2.45, 2.75) is 12.8 Å². The zero-order valence-electron chi connectivity index (χ0n) is 9.07. The quantitative estimate of drug-likeness (QED) is 0.759. The maximum Gasteiger partial charge on any atom is 0.309 e. The molecule has 1 atom stereocenters. The second-order valence-corrected chi connectivity index (χ2v) is 4.56. The molecule has 0 bridgehead atoms. The van der Waals surface area contributed by atoms with Gasteiger partial charge in [0.1, 0.15) is 0 Å². The molecule has 0 radical (unpaired) electrons. The first kappa shape index (κ1) is 10.7. The maximum absolute atomic E-state index is 11.4. The molecule has 1 fully saturated rings. The van der Waals surface area contributed by atoms with Gasteiger partial charge in [-0.1, -0.05) is 11.6 Å². The standard InChI is InChI=1S/C12H11ClO4/c13-9-5-11-10(16-6-17-11)4-8(9)3-7-1-2-15-12(7)14/h4-5,7H,1-3,6H2. The molecule has 0 aliphatic carbocycles. The third-order valence-corrected chi connectivity index (χ3v) is 3.40. The van der Waals surface area contributed by atoms with Crippen LogP contribution in [0.5, 0.6) is 11.5 Å². The minimum absolute atomic E-state index is 0.0899. The van der Waals surface area contributed by atoms with E-state index in [9.17, 15) is 4.79 Å². The van der Waals surface area contributed by atoms with Crippen LogP contribution >= 0.6 is 11.6 Å².